The molecule has 0 saturated heterocycles. The monoisotopic (exact) mass is 434 g/mol. The van der Waals surface area contributed by atoms with Crippen molar-refractivity contribution in [1.82, 2.24) is 0 Å². The van der Waals surface area contributed by atoms with Crippen LogP contribution in [-0.4, -0.2) is 26.0 Å². The van der Waals surface area contributed by atoms with Gasteiger partial charge in [-0.2, -0.15) is 5.26 Å². The Bertz CT molecular complexity index is 949. The molecular weight excluding hydrogens is 396 g/mol. The second kappa shape index (κ2) is 13.4. The van der Waals surface area contributed by atoms with Gasteiger partial charge in [0.05, 0.1) is 17.9 Å². The van der Waals surface area contributed by atoms with Crippen molar-refractivity contribution in [3.05, 3.63) is 70.8 Å². The molecule has 0 aliphatic rings. The minimum absolute atomic E-state index is 0.265. The first kappa shape index (κ1) is 27.0. The molecule has 0 aliphatic heterocycles. The molecule has 4 heteroatoms. The number of aryl methyl sites for hydroxylation is 1. The van der Waals surface area contributed by atoms with Crippen molar-refractivity contribution in [3.63, 3.8) is 0 Å². The lowest BCUT2D eigenvalue weighted by Crippen LogP contribution is -2.19. The second-order valence-electron chi connectivity index (χ2n) is 7.78. The van der Waals surface area contributed by atoms with Crippen molar-refractivity contribution in [2.45, 2.75) is 60.3 Å². The summed E-state index contributed by atoms with van der Waals surface area (Å²) in [7, 11) is 1.76. The van der Waals surface area contributed by atoms with Crippen LogP contribution in [0.3, 0.4) is 0 Å². The van der Waals surface area contributed by atoms with Gasteiger partial charge in [0.15, 0.2) is 0 Å². The van der Waals surface area contributed by atoms with Crippen LogP contribution in [0.15, 0.2) is 53.5 Å². The van der Waals surface area contributed by atoms with Gasteiger partial charge in [0.25, 0.3) is 0 Å². The Morgan fingerprint density at radius 3 is 2.28 bits per heavy atom. The highest BCUT2D eigenvalue weighted by atomic mass is 16.5. The van der Waals surface area contributed by atoms with Crippen LogP contribution in [-0.2, 0) is 5.41 Å². The number of nitriles is 1. The number of hydrogen-bond acceptors (Lipinski definition) is 4. The Labute approximate surface area is 194 Å². The van der Waals surface area contributed by atoms with Crippen molar-refractivity contribution in [2.24, 2.45) is 4.99 Å². The first-order valence-electron chi connectivity index (χ1n) is 11.4. The third kappa shape index (κ3) is 6.99. The highest BCUT2D eigenvalue weighted by Crippen LogP contribution is 2.36. The highest BCUT2D eigenvalue weighted by Gasteiger charge is 2.25. The van der Waals surface area contributed by atoms with Gasteiger partial charge in [0, 0.05) is 12.5 Å². The molecule has 4 nitrogen and oxygen atoms in total. The molecular formula is C28H38N2O2. The fourth-order valence-electron chi connectivity index (χ4n) is 3.28. The maximum Gasteiger partial charge on any atom is 0.139 e. The fourth-order valence-corrected chi connectivity index (χ4v) is 3.28. The van der Waals surface area contributed by atoms with Gasteiger partial charge in [-0.1, -0.05) is 58.9 Å². The highest BCUT2D eigenvalue weighted by molar-refractivity contribution is 5.96. The van der Waals surface area contributed by atoms with E-state index in [0.717, 1.165) is 34.6 Å². The standard InChI is InChI=1S/C26H32N2O2.C2H6/c1-7-9-23(28-6)18-30-24-12-10-21(11-13-24)26(4,5)22-15-19(3)25(29-14-8-2)20(16-22)17-27;1-2/h7,9-13,15-16H,8,14,18H2,1-6H3;1-2H3/b9-7-,28-23?;. The summed E-state index contributed by atoms with van der Waals surface area (Å²) in [6.45, 7) is 15.4. The molecule has 2 rings (SSSR count). The Hall–Kier alpha value is -3.06. The lowest BCUT2D eigenvalue weighted by molar-refractivity contribution is 0.314. The summed E-state index contributed by atoms with van der Waals surface area (Å²) in [4.78, 5) is 4.21. The normalized spacial score (nSPS) is 11.5. The number of nitrogens with zero attached hydrogens (tertiary/aromatic N) is 2. The van der Waals surface area contributed by atoms with Crippen LogP contribution < -0.4 is 9.47 Å². The zero-order chi connectivity index (χ0) is 24.1. The third-order valence-corrected chi connectivity index (χ3v) is 5.18. The molecule has 0 N–H and O–H groups in total. The van der Waals surface area contributed by atoms with E-state index in [-0.39, 0.29) is 5.41 Å². The van der Waals surface area contributed by atoms with Crippen molar-refractivity contribution in [3.8, 4) is 17.6 Å². The predicted octanol–water partition coefficient (Wildman–Crippen LogP) is 7.03. The predicted molar refractivity (Wildman–Crippen MR) is 135 cm³/mol. The Kier molecular flexibility index (Phi) is 11.3. The summed E-state index contributed by atoms with van der Waals surface area (Å²) in [5, 5.41) is 9.64. The van der Waals surface area contributed by atoms with Gasteiger partial charge in [-0.15, -0.1) is 0 Å². The molecule has 32 heavy (non-hydrogen) atoms. The topological polar surface area (TPSA) is 54.6 Å². The molecule has 0 spiro atoms. The average Bonchev–Trinajstić information content (AvgIpc) is 2.82. The molecule has 0 heterocycles. The van der Waals surface area contributed by atoms with E-state index < -0.39 is 0 Å². The SMILES string of the molecule is C/C=C\C(COc1ccc(C(C)(C)c2cc(C)c(OCCC)c(C#N)c2)cc1)=NC.CC. The quantitative estimate of drug-likeness (QED) is 0.398. The van der Waals surface area contributed by atoms with E-state index in [9.17, 15) is 5.26 Å². The molecule has 0 radical (unpaired) electrons. The van der Waals surface area contributed by atoms with Crippen molar-refractivity contribution in [2.75, 3.05) is 20.3 Å². The largest absolute Gasteiger partial charge is 0.492 e. The van der Waals surface area contributed by atoms with Crippen LogP contribution >= 0.6 is 0 Å². The number of hydrogen-bond donors (Lipinski definition) is 0. The van der Waals surface area contributed by atoms with Crippen LogP contribution in [0.5, 0.6) is 11.5 Å². The fraction of sp³-hybridized carbons (Fsp3) is 0.429. The van der Waals surface area contributed by atoms with Gasteiger partial charge in [0.1, 0.15) is 24.2 Å². The van der Waals surface area contributed by atoms with E-state index in [4.69, 9.17) is 9.47 Å². The van der Waals surface area contributed by atoms with Crippen LogP contribution in [0.25, 0.3) is 0 Å². The summed E-state index contributed by atoms with van der Waals surface area (Å²) < 4.78 is 11.7. The third-order valence-electron chi connectivity index (χ3n) is 5.18. The number of aliphatic imine (C=N–C) groups is 1. The number of ether oxygens (including phenoxy) is 2. The lowest BCUT2D eigenvalue weighted by Gasteiger charge is -2.27. The molecule has 0 aliphatic carbocycles. The molecule has 0 saturated carbocycles. The van der Waals surface area contributed by atoms with E-state index >= 15 is 0 Å². The minimum atomic E-state index is -0.265. The van der Waals surface area contributed by atoms with Gasteiger partial charge in [-0.05, 0) is 61.2 Å². The van der Waals surface area contributed by atoms with Crippen LogP contribution in [0.2, 0.25) is 0 Å². The second-order valence-corrected chi connectivity index (χ2v) is 7.78. The molecule has 0 aromatic heterocycles. The van der Waals surface area contributed by atoms with Gasteiger partial charge in [-0.3, -0.25) is 4.99 Å². The summed E-state index contributed by atoms with van der Waals surface area (Å²) in [5.41, 5.74) is 4.44. The Morgan fingerprint density at radius 1 is 1.09 bits per heavy atom. The summed E-state index contributed by atoms with van der Waals surface area (Å²) >= 11 is 0. The van der Waals surface area contributed by atoms with Gasteiger partial charge in [0.2, 0.25) is 0 Å². The maximum atomic E-state index is 9.64. The Balaban J connectivity index is 0.00000249. The van der Waals surface area contributed by atoms with Crippen LogP contribution in [0.1, 0.15) is 70.2 Å². The molecule has 0 bridgehead atoms. The van der Waals surface area contributed by atoms with E-state index in [1.165, 1.54) is 0 Å². The molecule has 172 valence electrons. The van der Waals surface area contributed by atoms with Gasteiger partial charge in [-0.25, -0.2) is 0 Å². The number of rotatable bonds is 9. The number of allylic oxidation sites excluding steroid dienone is 1. The molecule has 0 atom stereocenters. The van der Waals surface area contributed by atoms with Crippen LogP contribution in [0.4, 0.5) is 0 Å². The smallest absolute Gasteiger partial charge is 0.139 e. The first-order chi connectivity index (χ1) is 15.4. The van der Waals surface area contributed by atoms with Crippen molar-refractivity contribution in [1.29, 1.82) is 5.26 Å². The van der Waals surface area contributed by atoms with Gasteiger partial charge < -0.3 is 9.47 Å². The maximum absolute atomic E-state index is 9.64. The number of benzene rings is 2. The summed E-state index contributed by atoms with van der Waals surface area (Å²) in [6.07, 6.45) is 4.81. The van der Waals surface area contributed by atoms with E-state index in [2.05, 4.69) is 50.0 Å². The molecule has 2 aromatic carbocycles. The van der Waals surface area contributed by atoms with Crippen molar-refractivity contribution >= 4 is 5.71 Å². The van der Waals surface area contributed by atoms with Crippen molar-refractivity contribution < 1.29 is 9.47 Å². The van der Waals surface area contributed by atoms with E-state index in [1.807, 2.05) is 58.0 Å². The lowest BCUT2D eigenvalue weighted by atomic mass is 9.77. The molecule has 0 unspecified atom stereocenters. The Morgan fingerprint density at radius 2 is 1.75 bits per heavy atom. The zero-order valence-corrected chi connectivity index (χ0v) is 21.0. The van der Waals surface area contributed by atoms with Gasteiger partial charge >= 0.3 is 0 Å². The minimum Gasteiger partial charge on any atom is -0.492 e. The molecule has 0 amide bonds. The van der Waals surface area contributed by atoms with E-state index in [0.29, 0.717) is 24.5 Å². The molecule has 2 aromatic rings. The zero-order valence-electron chi connectivity index (χ0n) is 21.0. The van der Waals surface area contributed by atoms with E-state index in [1.54, 1.807) is 7.05 Å². The molecule has 0 fully saturated rings. The average molecular weight is 435 g/mol. The summed E-state index contributed by atoms with van der Waals surface area (Å²) in [6, 6.07) is 14.5. The first-order valence-corrected chi connectivity index (χ1v) is 11.4. The summed E-state index contributed by atoms with van der Waals surface area (Å²) in [5.74, 6) is 1.49. The van der Waals surface area contributed by atoms with Crippen LogP contribution in [0, 0.1) is 18.3 Å².